The Hall–Kier alpha value is -2.66. The molecule has 2 heterocycles. The van der Waals surface area contributed by atoms with Gasteiger partial charge in [-0.1, -0.05) is 0 Å². The number of aromatic nitrogens is 2. The molecule has 0 radical (unpaired) electrons. The van der Waals surface area contributed by atoms with Crippen molar-refractivity contribution in [1.29, 1.82) is 0 Å². The fraction of sp³-hybridized carbons (Fsp3) is 0.438. The van der Waals surface area contributed by atoms with Gasteiger partial charge in [-0.05, 0) is 41.1 Å². The number of nitro groups is 1. The second-order valence-electron chi connectivity index (χ2n) is 6.06. The van der Waals surface area contributed by atoms with Crippen LogP contribution < -0.4 is 9.64 Å². The summed E-state index contributed by atoms with van der Waals surface area (Å²) in [6, 6.07) is 6.31. The predicted molar refractivity (Wildman–Crippen MR) is 98.4 cm³/mol. The van der Waals surface area contributed by atoms with E-state index in [1.165, 1.54) is 22.8 Å². The van der Waals surface area contributed by atoms with Crippen molar-refractivity contribution in [3.8, 4) is 5.75 Å². The number of sulfonamides is 1. The van der Waals surface area contributed by atoms with Gasteiger partial charge in [0.05, 0.1) is 11.5 Å². The van der Waals surface area contributed by atoms with Crippen molar-refractivity contribution in [2.45, 2.75) is 11.8 Å². The summed E-state index contributed by atoms with van der Waals surface area (Å²) in [5.41, 5.74) is 0. The lowest BCUT2D eigenvalue weighted by atomic mass is 10.3. The molecule has 0 saturated carbocycles. The highest BCUT2D eigenvalue weighted by atomic mass is 32.2. The molecule has 27 heavy (non-hydrogen) atoms. The Balaban J connectivity index is 1.73. The van der Waals surface area contributed by atoms with E-state index in [0.29, 0.717) is 31.3 Å². The monoisotopic (exact) mass is 395 g/mol. The molecule has 1 aliphatic rings. The minimum atomic E-state index is -3.63. The number of imidazole rings is 1. The zero-order chi connectivity index (χ0) is 19.6. The van der Waals surface area contributed by atoms with Crippen molar-refractivity contribution in [1.82, 2.24) is 13.9 Å². The molecule has 0 spiro atoms. The van der Waals surface area contributed by atoms with E-state index < -0.39 is 14.9 Å². The normalized spacial score (nSPS) is 15.7. The Labute approximate surface area is 157 Å². The third-order valence-corrected chi connectivity index (χ3v) is 6.28. The van der Waals surface area contributed by atoms with E-state index >= 15 is 0 Å². The minimum absolute atomic E-state index is 0.200. The van der Waals surface area contributed by atoms with Crippen LogP contribution in [0.3, 0.4) is 0 Å². The topological polar surface area (TPSA) is 111 Å². The van der Waals surface area contributed by atoms with Gasteiger partial charge in [-0.25, -0.2) is 8.42 Å². The van der Waals surface area contributed by atoms with Gasteiger partial charge in [0.1, 0.15) is 5.75 Å². The Morgan fingerprint density at radius 3 is 2.37 bits per heavy atom. The fourth-order valence-electron chi connectivity index (χ4n) is 3.07. The van der Waals surface area contributed by atoms with E-state index in [1.54, 1.807) is 28.6 Å². The average molecular weight is 395 g/mol. The largest absolute Gasteiger partial charge is 0.494 e. The van der Waals surface area contributed by atoms with Gasteiger partial charge in [0, 0.05) is 33.2 Å². The first-order chi connectivity index (χ1) is 12.8. The third-order valence-electron chi connectivity index (χ3n) is 4.37. The number of nitrogens with zero attached hydrogens (tertiary/aromatic N) is 5. The quantitative estimate of drug-likeness (QED) is 0.534. The Morgan fingerprint density at radius 1 is 1.19 bits per heavy atom. The molecule has 0 N–H and O–H groups in total. The van der Waals surface area contributed by atoms with E-state index in [1.807, 2.05) is 6.92 Å². The maximum Gasteiger partial charge on any atom is 0.406 e. The summed E-state index contributed by atoms with van der Waals surface area (Å²) in [4.78, 5) is 16.4. The second kappa shape index (κ2) is 7.53. The lowest BCUT2D eigenvalue weighted by molar-refractivity contribution is -0.388. The van der Waals surface area contributed by atoms with Crippen LogP contribution in [0, 0.1) is 10.1 Å². The molecule has 0 atom stereocenters. The predicted octanol–water partition coefficient (Wildman–Crippen LogP) is 1.24. The minimum Gasteiger partial charge on any atom is -0.494 e. The van der Waals surface area contributed by atoms with Crippen LogP contribution in [-0.4, -0.2) is 60.0 Å². The summed E-state index contributed by atoms with van der Waals surface area (Å²) in [5, 5.41) is 11.1. The number of aryl methyl sites for hydroxylation is 1. The average Bonchev–Trinajstić information content (AvgIpc) is 3.04. The maximum atomic E-state index is 12.8. The van der Waals surface area contributed by atoms with Crippen LogP contribution in [0.5, 0.6) is 5.75 Å². The van der Waals surface area contributed by atoms with Crippen molar-refractivity contribution < 1.29 is 18.1 Å². The second-order valence-corrected chi connectivity index (χ2v) is 7.99. The van der Waals surface area contributed by atoms with Gasteiger partial charge in [-0.3, -0.25) is 4.57 Å². The van der Waals surface area contributed by atoms with Gasteiger partial charge in [-0.15, -0.1) is 0 Å². The summed E-state index contributed by atoms with van der Waals surface area (Å²) in [6.07, 6.45) is 1.39. The lowest BCUT2D eigenvalue weighted by Crippen LogP contribution is -2.49. The van der Waals surface area contributed by atoms with E-state index in [0.717, 1.165) is 0 Å². The molecule has 2 aromatic rings. The number of anilines is 1. The highest BCUT2D eigenvalue weighted by Gasteiger charge is 2.32. The molecule has 1 fully saturated rings. The molecule has 1 saturated heterocycles. The number of hydrogen-bond donors (Lipinski definition) is 0. The van der Waals surface area contributed by atoms with Crippen LogP contribution in [-0.2, 0) is 17.1 Å². The molecule has 0 unspecified atom stereocenters. The summed E-state index contributed by atoms with van der Waals surface area (Å²) in [6.45, 7) is 3.52. The van der Waals surface area contributed by atoms with Gasteiger partial charge in [-0.2, -0.15) is 4.31 Å². The number of ether oxygens (including phenoxy) is 1. The van der Waals surface area contributed by atoms with Gasteiger partial charge in [0.25, 0.3) is 0 Å². The zero-order valence-corrected chi connectivity index (χ0v) is 15.9. The number of piperazine rings is 1. The summed E-state index contributed by atoms with van der Waals surface area (Å²) in [7, 11) is -1.95. The van der Waals surface area contributed by atoms with Crippen LogP contribution in [0.25, 0.3) is 0 Å². The fourth-order valence-corrected chi connectivity index (χ4v) is 4.49. The standard InChI is InChI=1S/C16H21N5O5S/c1-3-26-13-4-6-14(7-5-13)27(24,25)20-10-8-19(9-11-20)16-15(21(22)23)17-12-18(16)2/h4-7,12H,3,8-11H2,1-2H3. The van der Waals surface area contributed by atoms with Crippen LogP contribution in [0.1, 0.15) is 6.92 Å². The molecule has 0 amide bonds. The lowest BCUT2D eigenvalue weighted by Gasteiger charge is -2.34. The highest BCUT2D eigenvalue weighted by Crippen LogP contribution is 2.28. The van der Waals surface area contributed by atoms with E-state index in [4.69, 9.17) is 4.74 Å². The summed E-state index contributed by atoms with van der Waals surface area (Å²) < 4.78 is 34.0. The number of benzene rings is 1. The molecule has 0 bridgehead atoms. The van der Waals surface area contributed by atoms with Gasteiger partial charge in [0.2, 0.25) is 22.2 Å². The first-order valence-electron chi connectivity index (χ1n) is 8.48. The van der Waals surface area contributed by atoms with Crippen LogP contribution in [0.4, 0.5) is 11.6 Å². The van der Waals surface area contributed by atoms with E-state index in [2.05, 4.69) is 4.98 Å². The molecular formula is C16H21N5O5S. The summed E-state index contributed by atoms with van der Waals surface area (Å²) >= 11 is 0. The SMILES string of the molecule is CCOc1ccc(S(=O)(=O)N2CCN(c3c([N+](=O)[O-])ncn3C)CC2)cc1. The van der Waals surface area contributed by atoms with Crippen molar-refractivity contribution in [3.63, 3.8) is 0 Å². The zero-order valence-electron chi connectivity index (χ0n) is 15.1. The van der Waals surface area contributed by atoms with Crippen LogP contribution >= 0.6 is 0 Å². The molecule has 1 aliphatic heterocycles. The van der Waals surface area contributed by atoms with Crippen molar-refractivity contribution in [2.75, 3.05) is 37.7 Å². The molecular weight excluding hydrogens is 374 g/mol. The van der Waals surface area contributed by atoms with Crippen LogP contribution in [0.2, 0.25) is 0 Å². The molecule has 11 heteroatoms. The van der Waals surface area contributed by atoms with Crippen molar-refractivity contribution >= 4 is 21.7 Å². The summed E-state index contributed by atoms with van der Waals surface area (Å²) in [5.74, 6) is 0.781. The third kappa shape index (κ3) is 3.74. The Morgan fingerprint density at radius 2 is 1.81 bits per heavy atom. The van der Waals surface area contributed by atoms with E-state index in [9.17, 15) is 18.5 Å². The Bertz CT molecular complexity index is 917. The molecule has 1 aromatic carbocycles. The smallest absolute Gasteiger partial charge is 0.406 e. The molecule has 0 aliphatic carbocycles. The molecule has 1 aromatic heterocycles. The Kier molecular flexibility index (Phi) is 5.33. The first kappa shape index (κ1) is 19.1. The molecule has 10 nitrogen and oxygen atoms in total. The van der Waals surface area contributed by atoms with Gasteiger partial charge >= 0.3 is 5.82 Å². The van der Waals surface area contributed by atoms with Crippen molar-refractivity contribution in [2.24, 2.45) is 7.05 Å². The van der Waals surface area contributed by atoms with Gasteiger partial charge in [0.15, 0.2) is 0 Å². The first-order valence-corrected chi connectivity index (χ1v) is 9.92. The van der Waals surface area contributed by atoms with E-state index in [-0.39, 0.29) is 23.8 Å². The number of hydrogen-bond acceptors (Lipinski definition) is 7. The van der Waals surface area contributed by atoms with Gasteiger partial charge < -0.3 is 19.8 Å². The number of rotatable bonds is 6. The highest BCUT2D eigenvalue weighted by molar-refractivity contribution is 7.89. The van der Waals surface area contributed by atoms with Crippen LogP contribution in [0.15, 0.2) is 35.5 Å². The van der Waals surface area contributed by atoms with Crippen molar-refractivity contribution in [3.05, 3.63) is 40.7 Å². The molecule has 3 rings (SSSR count). The molecule has 146 valence electrons. The maximum absolute atomic E-state index is 12.8.